The summed E-state index contributed by atoms with van der Waals surface area (Å²) in [7, 11) is 1.89. The van der Waals surface area contributed by atoms with Gasteiger partial charge in [0.25, 0.3) is 0 Å². The first-order valence-corrected chi connectivity index (χ1v) is 14.3. The summed E-state index contributed by atoms with van der Waals surface area (Å²) in [5.74, 6) is 1.08. The van der Waals surface area contributed by atoms with Crippen molar-refractivity contribution < 1.29 is 0 Å². The molecule has 1 heterocycles. The molecule has 5 heteroatoms. The number of unbranched alkanes of at least 4 members (excludes halogenated alkanes) is 18. The highest BCUT2D eigenvalue weighted by Crippen LogP contribution is 2.16. The van der Waals surface area contributed by atoms with Crippen molar-refractivity contribution in [3.05, 3.63) is 12.2 Å². The average Bonchev–Trinajstić information content (AvgIpc) is 3.19. The molecule has 0 bridgehead atoms. The molecule has 31 heavy (non-hydrogen) atoms. The number of thioether (sulfide) groups is 1. The van der Waals surface area contributed by atoms with E-state index in [9.17, 15) is 0 Å². The van der Waals surface area contributed by atoms with Gasteiger partial charge in [-0.05, 0) is 36.1 Å². The van der Waals surface area contributed by atoms with Gasteiger partial charge in [-0.2, -0.15) is 0 Å². The lowest BCUT2D eigenvalue weighted by molar-refractivity contribution is 0.527. The fourth-order valence-electron chi connectivity index (χ4n) is 3.93. The molecule has 0 aliphatic carbocycles. The summed E-state index contributed by atoms with van der Waals surface area (Å²) >= 11 is 1.74. The number of nitrogens with zero attached hydrogens (tertiary/aromatic N) is 4. The van der Waals surface area contributed by atoms with Gasteiger partial charge in [-0.3, -0.25) is 0 Å². The average molecular weight is 451 g/mol. The van der Waals surface area contributed by atoms with Crippen molar-refractivity contribution in [2.24, 2.45) is 7.05 Å². The summed E-state index contributed by atoms with van der Waals surface area (Å²) in [6, 6.07) is 0. The summed E-state index contributed by atoms with van der Waals surface area (Å²) in [4.78, 5) is 0. The van der Waals surface area contributed by atoms with Crippen molar-refractivity contribution in [3.63, 3.8) is 0 Å². The Kier molecular flexibility index (Phi) is 20.3. The molecule has 0 aliphatic heterocycles. The first-order valence-electron chi connectivity index (χ1n) is 13.3. The Morgan fingerprint density at radius 2 is 1.10 bits per heavy atom. The summed E-state index contributed by atoms with van der Waals surface area (Å²) in [6.45, 7) is 2.30. The number of rotatable bonds is 23. The Morgan fingerprint density at radius 3 is 1.55 bits per heavy atom. The largest absolute Gasteiger partial charge is 0.224 e. The predicted molar refractivity (Wildman–Crippen MR) is 137 cm³/mol. The molecule has 0 saturated heterocycles. The van der Waals surface area contributed by atoms with Gasteiger partial charge in [-0.1, -0.05) is 134 Å². The summed E-state index contributed by atoms with van der Waals surface area (Å²) < 4.78 is 1.73. The highest BCUT2D eigenvalue weighted by molar-refractivity contribution is 7.99. The van der Waals surface area contributed by atoms with E-state index in [-0.39, 0.29) is 0 Å². The lowest BCUT2D eigenvalue weighted by Gasteiger charge is -2.03. The van der Waals surface area contributed by atoms with Crippen LogP contribution in [0.2, 0.25) is 0 Å². The molecule has 0 fully saturated rings. The third-order valence-electron chi connectivity index (χ3n) is 5.97. The van der Waals surface area contributed by atoms with Crippen LogP contribution in [0.1, 0.15) is 135 Å². The molecule has 0 aliphatic rings. The molecule has 4 nitrogen and oxygen atoms in total. The number of aryl methyl sites for hydroxylation is 1. The normalized spacial score (nSPS) is 11.7. The molecule has 0 N–H and O–H groups in total. The van der Waals surface area contributed by atoms with Gasteiger partial charge in [0.15, 0.2) is 0 Å². The van der Waals surface area contributed by atoms with Gasteiger partial charge in [0.1, 0.15) is 0 Å². The number of allylic oxidation sites excluding steroid dienone is 2. The molecule has 0 unspecified atom stereocenters. The van der Waals surface area contributed by atoms with Crippen molar-refractivity contribution in [2.45, 2.75) is 140 Å². The van der Waals surface area contributed by atoms with Crippen LogP contribution in [0.15, 0.2) is 17.3 Å². The molecule has 0 saturated carbocycles. The van der Waals surface area contributed by atoms with Crippen LogP contribution in [0.4, 0.5) is 0 Å². The van der Waals surface area contributed by atoms with Crippen LogP contribution in [0.5, 0.6) is 0 Å². The van der Waals surface area contributed by atoms with Crippen LogP contribution < -0.4 is 0 Å². The molecule has 0 atom stereocenters. The van der Waals surface area contributed by atoms with E-state index in [0.29, 0.717) is 0 Å². The molecular formula is C26H50N4S. The smallest absolute Gasteiger partial charge is 0.209 e. The first-order chi connectivity index (χ1) is 15.3. The Bertz CT molecular complexity index is 515. The lowest BCUT2D eigenvalue weighted by atomic mass is 10.0. The van der Waals surface area contributed by atoms with Crippen LogP contribution in [0.3, 0.4) is 0 Å². The molecule has 0 amide bonds. The van der Waals surface area contributed by atoms with E-state index in [1.165, 1.54) is 122 Å². The predicted octanol–water partition coefficient (Wildman–Crippen LogP) is 8.68. The van der Waals surface area contributed by atoms with Crippen molar-refractivity contribution in [2.75, 3.05) is 5.75 Å². The molecule has 1 aromatic heterocycles. The fourth-order valence-corrected chi connectivity index (χ4v) is 4.74. The van der Waals surface area contributed by atoms with Gasteiger partial charge in [0, 0.05) is 12.8 Å². The zero-order valence-corrected chi connectivity index (χ0v) is 21.5. The zero-order valence-electron chi connectivity index (χ0n) is 20.7. The standard InChI is InChI=1S/C26H50N4S/c1-3-4-5-6-7-8-9-10-11-12-13-14-15-16-17-18-19-20-21-22-23-24-25-31-26-27-28-29-30(26)2/h21-22H,3-20,23-25H2,1-2H3/b22-21+. The minimum atomic E-state index is 0.910. The Labute approximate surface area is 197 Å². The second-order valence-corrected chi connectivity index (χ2v) is 10.1. The van der Waals surface area contributed by atoms with Gasteiger partial charge in [0.2, 0.25) is 5.16 Å². The van der Waals surface area contributed by atoms with Gasteiger partial charge in [-0.15, -0.1) is 5.10 Å². The second kappa shape index (κ2) is 22.4. The van der Waals surface area contributed by atoms with E-state index in [4.69, 9.17) is 0 Å². The molecule has 180 valence electrons. The fraction of sp³-hybridized carbons (Fsp3) is 0.885. The molecular weight excluding hydrogens is 400 g/mol. The minimum absolute atomic E-state index is 0.910. The minimum Gasteiger partial charge on any atom is -0.224 e. The maximum Gasteiger partial charge on any atom is 0.209 e. The Balaban J connectivity index is 1.69. The summed E-state index contributed by atoms with van der Waals surface area (Å²) in [6.07, 6.45) is 32.9. The second-order valence-electron chi connectivity index (χ2n) is 8.99. The lowest BCUT2D eigenvalue weighted by Crippen LogP contribution is -1.93. The number of aromatic nitrogens is 4. The van der Waals surface area contributed by atoms with Crippen molar-refractivity contribution in [3.8, 4) is 0 Å². The van der Waals surface area contributed by atoms with Crippen LogP contribution in [0, 0.1) is 0 Å². The number of hydrogen-bond acceptors (Lipinski definition) is 4. The monoisotopic (exact) mass is 450 g/mol. The van der Waals surface area contributed by atoms with Crippen LogP contribution in [0.25, 0.3) is 0 Å². The van der Waals surface area contributed by atoms with E-state index in [2.05, 4.69) is 34.6 Å². The van der Waals surface area contributed by atoms with E-state index >= 15 is 0 Å². The maximum absolute atomic E-state index is 3.99. The van der Waals surface area contributed by atoms with E-state index in [1.807, 2.05) is 7.05 Å². The van der Waals surface area contributed by atoms with Gasteiger partial charge >= 0.3 is 0 Å². The number of tetrazole rings is 1. The number of hydrogen-bond donors (Lipinski definition) is 0. The maximum atomic E-state index is 3.99. The van der Waals surface area contributed by atoms with E-state index < -0.39 is 0 Å². The van der Waals surface area contributed by atoms with Crippen LogP contribution >= 0.6 is 11.8 Å². The van der Waals surface area contributed by atoms with Gasteiger partial charge < -0.3 is 0 Å². The SMILES string of the molecule is CCCCCCCCCCCCCCCCCCC/C=C/CCCSc1nnnn1C. The van der Waals surface area contributed by atoms with Crippen molar-refractivity contribution >= 4 is 11.8 Å². The Hall–Kier alpha value is -0.840. The van der Waals surface area contributed by atoms with E-state index in [0.717, 1.165) is 17.3 Å². The third-order valence-corrected chi connectivity index (χ3v) is 7.07. The third kappa shape index (κ3) is 18.4. The quantitative estimate of drug-likeness (QED) is 0.0950. The molecule has 1 aromatic rings. The molecule has 0 spiro atoms. The zero-order chi connectivity index (χ0) is 22.2. The van der Waals surface area contributed by atoms with E-state index in [1.54, 1.807) is 16.4 Å². The summed E-state index contributed by atoms with van der Waals surface area (Å²) in [5.41, 5.74) is 0. The van der Waals surface area contributed by atoms with Gasteiger partial charge in [0.05, 0.1) is 0 Å². The first kappa shape index (κ1) is 28.2. The van der Waals surface area contributed by atoms with Crippen LogP contribution in [-0.2, 0) is 7.05 Å². The van der Waals surface area contributed by atoms with Crippen LogP contribution in [-0.4, -0.2) is 26.0 Å². The topological polar surface area (TPSA) is 43.6 Å². The van der Waals surface area contributed by atoms with Crippen molar-refractivity contribution in [1.82, 2.24) is 20.2 Å². The molecule has 0 aromatic carbocycles. The highest BCUT2D eigenvalue weighted by Gasteiger charge is 2.01. The molecule has 0 radical (unpaired) electrons. The van der Waals surface area contributed by atoms with Gasteiger partial charge in [-0.25, -0.2) is 4.68 Å². The highest BCUT2D eigenvalue weighted by atomic mass is 32.2. The van der Waals surface area contributed by atoms with Crippen molar-refractivity contribution in [1.29, 1.82) is 0 Å². The Morgan fingerprint density at radius 1 is 0.645 bits per heavy atom. The summed E-state index contributed by atoms with van der Waals surface area (Å²) in [5, 5.41) is 12.4. The molecule has 1 rings (SSSR count).